The predicted octanol–water partition coefficient (Wildman–Crippen LogP) is -1.27. The van der Waals surface area contributed by atoms with E-state index in [1.54, 1.807) is 13.8 Å². The van der Waals surface area contributed by atoms with Gasteiger partial charge >= 0.3 is 5.69 Å². The molecule has 4 atom stereocenters. The molecule has 1 saturated heterocycles. The van der Waals surface area contributed by atoms with Gasteiger partial charge in [0.2, 0.25) is 0 Å². The van der Waals surface area contributed by atoms with E-state index in [9.17, 15) is 14.7 Å². The number of nitrogens with zero attached hydrogens (tertiary/aromatic N) is 1. The van der Waals surface area contributed by atoms with Crippen LogP contribution < -0.4 is 11.2 Å². The smallest absolute Gasteiger partial charge is 0.330 e. The van der Waals surface area contributed by atoms with Crippen molar-refractivity contribution in [3.8, 4) is 0 Å². The van der Waals surface area contributed by atoms with Gasteiger partial charge in [-0.25, -0.2) is 4.79 Å². The van der Waals surface area contributed by atoms with E-state index in [0.717, 1.165) is 4.57 Å². The lowest BCUT2D eigenvalue weighted by atomic mass is 10.0. The quantitative estimate of drug-likeness (QED) is 0.612. The fourth-order valence-electron chi connectivity index (χ4n) is 2.08. The maximum absolute atomic E-state index is 11.7. The molecule has 1 fully saturated rings. The molecule has 1 aliphatic rings. The minimum atomic E-state index is -0.912. The van der Waals surface area contributed by atoms with Crippen LogP contribution in [0.4, 0.5) is 0 Å². The van der Waals surface area contributed by atoms with Crippen LogP contribution in [0, 0.1) is 12.8 Å². The zero-order chi connectivity index (χ0) is 13.4. The molecule has 1 aromatic rings. The molecule has 0 aromatic carbocycles. The van der Waals surface area contributed by atoms with Gasteiger partial charge in [0, 0.05) is 17.7 Å². The highest BCUT2D eigenvalue weighted by molar-refractivity contribution is 5.02. The molecule has 0 aliphatic carbocycles. The summed E-state index contributed by atoms with van der Waals surface area (Å²) >= 11 is 0. The summed E-state index contributed by atoms with van der Waals surface area (Å²) in [6, 6.07) is 0. The molecule has 0 spiro atoms. The van der Waals surface area contributed by atoms with E-state index in [1.807, 2.05) is 0 Å². The van der Waals surface area contributed by atoms with E-state index < -0.39 is 29.7 Å². The predicted molar refractivity (Wildman–Crippen MR) is 62.2 cm³/mol. The summed E-state index contributed by atoms with van der Waals surface area (Å²) < 4.78 is 6.58. The maximum atomic E-state index is 11.7. The van der Waals surface area contributed by atoms with Crippen LogP contribution in [0.5, 0.6) is 0 Å². The van der Waals surface area contributed by atoms with Crippen molar-refractivity contribution in [2.75, 3.05) is 6.61 Å². The highest BCUT2D eigenvalue weighted by Crippen LogP contribution is 2.32. The minimum absolute atomic E-state index is 0.230. The average Bonchev–Trinajstić information content (AvgIpc) is 2.61. The van der Waals surface area contributed by atoms with Gasteiger partial charge in [0.05, 0.1) is 12.7 Å². The average molecular weight is 256 g/mol. The summed E-state index contributed by atoms with van der Waals surface area (Å²) in [5.41, 5.74) is -0.749. The molecular formula is C11H16N2O5. The van der Waals surface area contributed by atoms with Gasteiger partial charge in [-0.05, 0) is 6.92 Å². The van der Waals surface area contributed by atoms with Crippen molar-refractivity contribution in [1.82, 2.24) is 9.55 Å². The van der Waals surface area contributed by atoms with Crippen LogP contribution in [0.3, 0.4) is 0 Å². The van der Waals surface area contributed by atoms with Crippen molar-refractivity contribution in [1.29, 1.82) is 0 Å². The van der Waals surface area contributed by atoms with Gasteiger partial charge in [0.15, 0.2) is 6.23 Å². The molecule has 1 unspecified atom stereocenters. The first-order chi connectivity index (χ1) is 8.45. The van der Waals surface area contributed by atoms with Crippen LogP contribution in [0.25, 0.3) is 0 Å². The van der Waals surface area contributed by atoms with E-state index >= 15 is 0 Å². The lowest BCUT2D eigenvalue weighted by Crippen LogP contribution is -2.37. The summed E-state index contributed by atoms with van der Waals surface area (Å²) in [4.78, 5) is 25.1. The Bertz CT molecular complexity index is 549. The van der Waals surface area contributed by atoms with Crippen LogP contribution in [0.15, 0.2) is 15.8 Å². The number of ether oxygens (including phenoxy) is 1. The highest BCUT2D eigenvalue weighted by Gasteiger charge is 2.41. The number of aromatic nitrogens is 2. The van der Waals surface area contributed by atoms with Crippen molar-refractivity contribution >= 4 is 0 Å². The maximum Gasteiger partial charge on any atom is 0.330 e. The number of aliphatic hydroxyl groups is 2. The standard InChI is InChI=1S/C11H16N2O5/c1-5-3-13(11(17)12-9(5)16)10-8(15)6(2)7(4-14)18-10/h3,6-8,10,14-15H,4H2,1-2H3,(H,12,16,17)/t6-,7+,8+,10?/m0/s1. The molecule has 0 amide bonds. The molecule has 3 N–H and O–H groups in total. The SMILES string of the molecule is Cc1cn(C2O[C@H](CO)[C@H](C)[C@H]2O)c(=O)[nH]c1=O. The second-order valence-corrected chi connectivity index (χ2v) is 4.58. The lowest BCUT2D eigenvalue weighted by Gasteiger charge is -2.17. The first-order valence-corrected chi connectivity index (χ1v) is 5.72. The Morgan fingerprint density at radius 3 is 2.72 bits per heavy atom. The van der Waals surface area contributed by atoms with Crippen LogP contribution in [-0.2, 0) is 4.74 Å². The van der Waals surface area contributed by atoms with Gasteiger partial charge in [-0.3, -0.25) is 14.3 Å². The van der Waals surface area contributed by atoms with Gasteiger partial charge in [-0.15, -0.1) is 0 Å². The number of H-pyrrole nitrogens is 1. The van der Waals surface area contributed by atoms with Crippen molar-refractivity contribution in [2.24, 2.45) is 5.92 Å². The summed E-state index contributed by atoms with van der Waals surface area (Å²) in [5, 5.41) is 19.1. The van der Waals surface area contributed by atoms with Crippen LogP contribution in [0.2, 0.25) is 0 Å². The first kappa shape index (κ1) is 13.0. The van der Waals surface area contributed by atoms with Gasteiger partial charge in [0.25, 0.3) is 5.56 Å². The second kappa shape index (κ2) is 4.68. The van der Waals surface area contributed by atoms with E-state index in [2.05, 4.69) is 4.98 Å². The Morgan fingerprint density at radius 2 is 2.17 bits per heavy atom. The number of aliphatic hydroxyl groups excluding tert-OH is 2. The monoisotopic (exact) mass is 256 g/mol. The summed E-state index contributed by atoms with van der Waals surface area (Å²) in [7, 11) is 0. The number of hydrogen-bond acceptors (Lipinski definition) is 5. The largest absolute Gasteiger partial charge is 0.394 e. The first-order valence-electron chi connectivity index (χ1n) is 5.72. The van der Waals surface area contributed by atoms with Crippen LogP contribution >= 0.6 is 0 Å². The lowest BCUT2D eigenvalue weighted by molar-refractivity contribution is -0.0535. The molecule has 100 valence electrons. The molecule has 7 nitrogen and oxygen atoms in total. The number of nitrogens with one attached hydrogen (secondary N) is 1. The number of hydrogen-bond donors (Lipinski definition) is 3. The Labute approximate surface area is 103 Å². The zero-order valence-corrected chi connectivity index (χ0v) is 10.2. The molecular weight excluding hydrogens is 240 g/mol. The second-order valence-electron chi connectivity index (χ2n) is 4.58. The molecule has 0 radical (unpaired) electrons. The molecule has 7 heteroatoms. The molecule has 1 aliphatic heterocycles. The fraction of sp³-hybridized carbons (Fsp3) is 0.636. The number of rotatable bonds is 2. The number of aryl methyl sites for hydroxylation is 1. The third-order valence-electron chi connectivity index (χ3n) is 3.33. The Balaban J connectivity index is 2.42. The number of aromatic amines is 1. The van der Waals surface area contributed by atoms with E-state index in [-0.39, 0.29) is 12.5 Å². The third-order valence-corrected chi connectivity index (χ3v) is 3.33. The molecule has 1 aromatic heterocycles. The highest BCUT2D eigenvalue weighted by atomic mass is 16.5. The molecule has 18 heavy (non-hydrogen) atoms. The summed E-state index contributed by atoms with van der Waals surface area (Å²) in [6.07, 6.45) is -0.976. The molecule has 0 saturated carbocycles. The molecule has 2 rings (SSSR count). The van der Waals surface area contributed by atoms with Gasteiger partial charge < -0.3 is 14.9 Å². The van der Waals surface area contributed by atoms with Gasteiger partial charge in [-0.1, -0.05) is 6.92 Å². The fourth-order valence-corrected chi connectivity index (χ4v) is 2.08. The van der Waals surface area contributed by atoms with Crippen molar-refractivity contribution < 1.29 is 14.9 Å². The van der Waals surface area contributed by atoms with Gasteiger partial charge in [0.1, 0.15) is 6.10 Å². The van der Waals surface area contributed by atoms with E-state index in [4.69, 9.17) is 9.84 Å². The van der Waals surface area contributed by atoms with E-state index in [0.29, 0.717) is 5.56 Å². The molecule has 0 bridgehead atoms. The van der Waals surface area contributed by atoms with Crippen molar-refractivity contribution in [2.45, 2.75) is 32.3 Å². The van der Waals surface area contributed by atoms with Crippen LogP contribution in [-0.4, -0.2) is 38.6 Å². The Morgan fingerprint density at radius 1 is 1.50 bits per heavy atom. The Kier molecular flexibility index (Phi) is 3.38. The normalized spacial score (nSPS) is 31.8. The third kappa shape index (κ3) is 2.00. The summed E-state index contributed by atoms with van der Waals surface area (Å²) in [6.45, 7) is 3.06. The van der Waals surface area contributed by atoms with E-state index in [1.165, 1.54) is 6.20 Å². The Hall–Kier alpha value is -1.44. The topological polar surface area (TPSA) is 105 Å². The van der Waals surface area contributed by atoms with Crippen molar-refractivity contribution in [3.05, 3.63) is 32.6 Å². The summed E-state index contributed by atoms with van der Waals surface area (Å²) in [5.74, 6) is -0.292. The van der Waals surface area contributed by atoms with Crippen LogP contribution in [0.1, 0.15) is 18.7 Å². The molecule has 2 heterocycles. The minimum Gasteiger partial charge on any atom is -0.394 e. The van der Waals surface area contributed by atoms with Crippen molar-refractivity contribution in [3.63, 3.8) is 0 Å². The van der Waals surface area contributed by atoms with Gasteiger partial charge in [-0.2, -0.15) is 0 Å². The zero-order valence-electron chi connectivity index (χ0n) is 10.2.